The molecule has 8 nitrogen and oxygen atoms in total. The minimum atomic E-state index is -0.0849. The van der Waals surface area contributed by atoms with Crippen LogP contribution in [0.5, 0.6) is 0 Å². The molecule has 1 fully saturated rings. The van der Waals surface area contributed by atoms with Crippen LogP contribution in [0.25, 0.3) is 0 Å². The Labute approximate surface area is 147 Å². The normalized spacial score (nSPS) is 16.5. The number of hydrogen-bond donors (Lipinski definition) is 1. The number of morpholine rings is 1. The molecule has 1 aromatic carbocycles. The molecule has 1 amide bonds. The van der Waals surface area contributed by atoms with Gasteiger partial charge in [0.25, 0.3) is 0 Å². The average Bonchev–Trinajstić information content (AvgIpc) is 3.08. The largest absolute Gasteiger partial charge is 0.379 e. The van der Waals surface area contributed by atoms with Gasteiger partial charge in [0.1, 0.15) is 6.54 Å². The fraction of sp³-hybridized carbons (Fsp3) is 0.529. The second kappa shape index (κ2) is 8.68. The van der Waals surface area contributed by atoms with Crippen LogP contribution in [0.1, 0.15) is 24.2 Å². The van der Waals surface area contributed by atoms with E-state index in [0.717, 1.165) is 26.3 Å². The summed E-state index contributed by atoms with van der Waals surface area (Å²) in [5.74, 6) is 0.873. The van der Waals surface area contributed by atoms with E-state index in [0.29, 0.717) is 18.9 Å². The summed E-state index contributed by atoms with van der Waals surface area (Å²) in [5, 5.41) is 14.7. The van der Waals surface area contributed by atoms with E-state index in [4.69, 9.17) is 4.74 Å². The number of hydrogen-bond acceptors (Lipinski definition) is 6. The van der Waals surface area contributed by atoms with E-state index in [2.05, 4.69) is 44.8 Å². The van der Waals surface area contributed by atoms with Crippen molar-refractivity contribution in [3.05, 3.63) is 41.7 Å². The number of amides is 1. The topological polar surface area (TPSA) is 85.2 Å². The van der Waals surface area contributed by atoms with Crippen molar-refractivity contribution in [2.75, 3.05) is 32.8 Å². The molecule has 1 N–H and O–H groups in total. The maximum atomic E-state index is 12.2. The molecule has 1 unspecified atom stereocenters. The predicted octanol–water partition coefficient (Wildman–Crippen LogP) is 0.425. The summed E-state index contributed by atoms with van der Waals surface area (Å²) in [7, 11) is 0. The van der Waals surface area contributed by atoms with E-state index in [1.807, 2.05) is 18.2 Å². The number of aromatic nitrogens is 4. The van der Waals surface area contributed by atoms with Crippen molar-refractivity contribution < 1.29 is 9.53 Å². The molecule has 2 heterocycles. The van der Waals surface area contributed by atoms with Gasteiger partial charge in [-0.2, -0.15) is 0 Å². The van der Waals surface area contributed by atoms with Crippen LogP contribution in [-0.4, -0.2) is 63.9 Å². The van der Waals surface area contributed by atoms with Gasteiger partial charge in [-0.05, 0) is 21.9 Å². The van der Waals surface area contributed by atoms with Crippen LogP contribution in [0.2, 0.25) is 0 Å². The minimum Gasteiger partial charge on any atom is -0.379 e. The molecule has 0 radical (unpaired) electrons. The lowest BCUT2D eigenvalue weighted by atomic mass is 10.0. The molecule has 0 bridgehead atoms. The molecule has 2 aromatic rings. The van der Waals surface area contributed by atoms with Gasteiger partial charge in [0.05, 0.1) is 19.8 Å². The molecule has 1 aromatic heterocycles. The van der Waals surface area contributed by atoms with Crippen molar-refractivity contribution in [1.29, 1.82) is 0 Å². The van der Waals surface area contributed by atoms with Crippen LogP contribution in [-0.2, 0) is 22.6 Å². The Balaban J connectivity index is 1.49. The molecule has 134 valence electrons. The molecule has 1 aliphatic heterocycles. The number of rotatable bonds is 7. The summed E-state index contributed by atoms with van der Waals surface area (Å²) in [6.45, 7) is 6.60. The molecule has 0 aliphatic carbocycles. The van der Waals surface area contributed by atoms with E-state index < -0.39 is 0 Å². The van der Waals surface area contributed by atoms with Crippen molar-refractivity contribution in [1.82, 2.24) is 30.4 Å². The van der Waals surface area contributed by atoms with Crippen LogP contribution in [0.4, 0.5) is 0 Å². The summed E-state index contributed by atoms with van der Waals surface area (Å²) in [4.78, 5) is 14.5. The third-order valence-electron chi connectivity index (χ3n) is 4.34. The highest BCUT2D eigenvalue weighted by Gasteiger charge is 2.17. The summed E-state index contributed by atoms with van der Waals surface area (Å²) >= 11 is 0. The summed E-state index contributed by atoms with van der Waals surface area (Å²) in [5.41, 5.74) is 1.21. The van der Waals surface area contributed by atoms with Crippen molar-refractivity contribution in [3.8, 4) is 0 Å². The smallest absolute Gasteiger partial charge is 0.241 e. The van der Waals surface area contributed by atoms with E-state index in [-0.39, 0.29) is 18.4 Å². The van der Waals surface area contributed by atoms with Gasteiger partial charge in [-0.25, -0.2) is 4.68 Å². The van der Waals surface area contributed by atoms with Gasteiger partial charge < -0.3 is 10.1 Å². The highest BCUT2D eigenvalue weighted by molar-refractivity contribution is 5.75. The van der Waals surface area contributed by atoms with E-state index >= 15 is 0 Å². The Morgan fingerprint density at radius 1 is 1.28 bits per heavy atom. The van der Waals surface area contributed by atoms with Crippen molar-refractivity contribution in [2.24, 2.45) is 0 Å². The van der Waals surface area contributed by atoms with Gasteiger partial charge in [0, 0.05) is 19.6 Å². The highest BCUT2D eigenvalue weighted by Crippen LogP contribution is 2.13. The standard InChI is InChI=1S/C17H24N6O2/c1-14(15-5-3-2-4-6-15)11-18-17(24)13-23-16(19-20-21-23)12-22-7-9-25-10-8-22/h2-6,14H,7-13H2,1H3,(H,18,24). The van der Waals surface area contributed by atoms with Gasteiger partial charge in [-0.15, -0.1) is 5.10 Å². The van der Waals surface area contributed by atoms with Crippen LogP contribution < -0.4 is 5.32 Å². The first-order valence-electron chi connectivity index (χ1n) is 8.59. The zero-order valence-electron chi connectivity index (χ0n) is 14.5. The maximum absolute atomic E-state index is 12.2. The SMILES string of the molecule is CC(CNC(=O)Cn1nnnc1CN1CCOCC1)c1ccccc1. The van der Waals surface area contributed by atoms with Gasteiger partial charge >= 0.3 is 0 Å². The number of nitrogens with zero attached hydrogens (tertiary/aromatic N) is 5. The van der Waals surface area contributed by atoms with Crippen molar-refractivity contribution in [2.45, 2.75) is 25.9 Å². The third kappa shape index (κ3) is 5.07. The van der Waals surface area contributed by atoms with Gasteiger partial charge in [-0.1, -0.05) is 37.3 Å². The summed E-state index contributed by atoms with van der Waals surface area (Å²) in [6, 6.07) is 10.1. The number of ether oxygens (including phenoxy) is 1. The number of nitrogens with one attached hydrogen (secondary N) is 1. The molecule has 3 rings (SSSR count). The number of carbonyl (C=O) groups is 1. The highest BCUT2D eigenvalue weighted by atomic mass is 16.5. The fourth-order valence-electron chi connectivity index (χ4n) is 2.78. The lowest BCUT2D eigenvalue weighted by Crippen LogP contribution is -2.37. The average molecular weight is 344 g/mol. The third-order valence-corrected chi connectivity index (χ3v) is 4.34. The first kappa shape index (κ1) is 17.5. The number of tetrazole rings is 1. The van der Waals surface area contributed by atoms with E-state index in [1.165, 1.54) is 5.56 Å². The van der Waals surface area contributed by atoms with Crippen LogP contribution in [0, 0.1) is 0 Å². The number of benzene rings is 1. The van der Waals surface area contributed by atoms with E-state index in [1.54, 1.807) is 4.68 Å². The van der Waals surface area contributed by atoms with Crippen LogP contribution in [0.3, 0.4) is 0 Å². The zero-order chi connectivity index (χ0) is 17.5. The van der Waals surface area contributed by atoms with E-state index in [9.17, 15) is 4.79 Å². The minimum absolute atomic E-state index is 0.0849. The van der Waals surface area contributed by atoms with Crippen molar-refractivity contribution >= 4 is 5.91 Å². The lowest BCUT2D eigenvalue weighted by Gasteiger charge is -2.25. The van der Waals surface area contributed by atoms with Crippen LogP contribution in [0.15, 0.2) is 30.3 Å². The molecule has 25 heavy (non-hydrogen) atoms. The Bertz CT molecular complexity index is 669. The van der Waals surface area contributed by atoms with Gasteiger partial charge in [0.2, 0.25) is 5.91 Å². The molecular formula is C17H24N6O2. The molecule has 0 saturated carbocycles. The van der Waals surface area contributed by atoms with Crippen LogP contribution >= 0.6 is 0 Å². The Morgan fingerprint density at radius 3 is 2.80 bits per heavy atom. The predicted molar refractivity (Wildman–Crippen MR) is 91.8 cm³/mol. The molecule has 1 atom stereocenters. The molecule has 8 heteroatoms. The van der Waals surface area contributed by atoms with Gasteiger partial charge in [0.15, 0.2) is 5.82 Å². The van der Waals surface area contributed by atoms with Crippen molar-refractivity contribution in [3.63, 3.8) is 0 Å². The van der Waals surface area contributed by atoms with Gasteiger partial charge in [-0.3, -0.25) is 9.69 Å². The zero-order valence-corrected chi connectivity index (χ0v) is 14.5. The monoisotopic (exact) mass is 344 g/mol. The fourth-order valence-corrected chi connectivity index (χ4v) is 2.78. The molecule has 0 spiro atoms. The Kier molecular flexibility index (Phi) is 6.08. The Hall–Kier alpha value is -2.32. The second-order valence-electron chi connectivity index (χ2n) is 6.26. The second-order valence-corrected chi connectivity index (χ2v) is 6.26. The first-order valence-corrected chi connectivity index (χ1v) is 8.59. The first-order chi connectivity index (χ1) is 12.2. The maximum Gasteiger partial charge on any atom is 0.241 e. The lowest BCUT2D eigenvalue weighted by molar-refractivity contribution is -0.122. The molecule has 1 aliphatic rings. The number of carbonyl (C=O) groups excluding carboxylic acids is 1. The quantitative estimate of drug-likeness (QED) is 0.784. The Morgan fingerprint density at radius 2 is 2.04 bits per heavy atom. The summed E-state index contributed by atoms with van der Waals surface area (Å²) < 4.78 is 6.91. The molecular weight excluding hydrogens is 320 g/mol. The molecule has 1 saturated heterocycles. The summed E-state index contributed by atoms with van der Waals surface area (Å²) in [6.07, 6.45) is 0.